The van der Waals surface area contributed by atoms with E-state index in [1.807, 2.05) is 30.3 Å². The molecule has 0 spiro atoms. The van der Waals surface area contributed by atoms with Crippen LogP contribution in [0.3, 0.4) is 0 Å². The average molecular weight is 553 g/mol. The van der Waals surface area contributed by atoms with Crippen molar-refractivity contribution in [2.75, 3.05) is 31.5 Å². The third-order valence-electron chi connectivity index (χ3n) is 7.22. The molecule has 5 rings (SSSR count). The monoisotopic (exact) mass is 552 g/mol. The number of allylic oxidation sites excluding steroid dienone is 1. The summed E-state index contributed by atoms with van der Waals surface area (Å²) in [5.74, 6) is -2.09. The zero-order chi connectivity index (χ0) is 28.6. The van der Waals surface area contributed by atoms with Crippen molar-refractivity contribution < 1.29 is 37.0 Å². The largest absolute Gasteiger partial charge is 0.493 e. The Morgan fingerprint density at radius 2 is 1.50 bits per heavy atom. The highest BCUT2D eigenvalue weighted by atomic mass is 19.4. The van der Waals surface area contributed by atoms with E-state index in [1.165, 1.54) is 39.5 Å². The van der Waals surface area contributed by atoms with Crippen molar-refractivity contribution in [2.24, 2.45) is 0 Å². The summed E-state index contributed by atoms with van der Waals surface area (Å²) in [6.45, 7) is 0. The van der Waals surface area contributed by atoms with Crippen LogP contribution in [0.4, 0.5) is 24.5 Å². The topological polar surface area (TPSA) is 77.1 Å². The fourth-order valence-electron chi connectivity index (χ4n) is 5.49. The van der Waals surface area contributed by atoms with Gasteiger partial charge in [0, 0.05) is 17.7 Å². The fraction of sp³-hybridized carbons (Fsp3) is 0.267. The van der Waals surface area contributed by atoms with Crippen molar-refractivity contribution >= 4 is 23.1 Å². The van der Waals surface area contributed by atoms with E-state index in [1.54, 1.807) is 18.2 Å². The summed E-state index contributed by atoms with van der Waals surface area (Å²) >= 11 is 0. The Labute approximate surface area is 229 Å². The van der Waals surface area contributed by atoms with E-state index in [0.29, 0.717) is 17.0 Å². The van der Waals surface area contributed by atoms with Gasteiger partial charge in [0.1, 0.15) is 0 Å². The lowest BCUT2D eigenvalue weighted by Crippen LogP contribution is -2.45. The quantitative estimate of drug-likeness (QED) is 0.408. The lowest BCUT2D eigenvalue weighted by atomic mass is 9.78. The Hall–Kier alpha value is -4.47. The van der Waals surface area contributed by atoms with Crippen LogP contribution < -0.4 is 24.4 Å². The molecule has 2 atom stereocenters. The molecule has 1 aliphatic carbocycles. The number of amides is 1. The number of carbonyl (C=O) groups is 2. The molecule has 1 heterocycles. The molecule has 3 aromatic carbocycles. The SMILES string of the molecule is COc1cc([C@@H]2C3=C(C[C@@H](c4ccccc4)CC3=O)Nc3ccccc3N2C(=O)C(F)(F)F)cc(OC)c1OC. The molecule has 10 heteroatoms. The number of Topliss-reactive ketones (excluding diaryl/α,β-unsaturated/α-hetero) is 1. The minimum absolute atomic E-state index is 0.0120. The average Bonchev–Trinajstić information content (AvgIpc) is 3.10. The number of benzene rings is 3. The molecule has 0 fully saturated rings. The first-order chi connectivity index (χ1) is 19.2. The third kappa shape index (κ3) is 4.74. The number of halogens is 3. The lowest BCUT2D eigenvalue weighted by Gasteiger charge is -2.35. The van der Waals surface area contributed by atoms with Gasteiger partial charge in [-0.15, -0.1) is 0 Å². The van der Waals surface area contributed by atoms with E-state index < -0.39 is 18.1 Å². The van der Waals surface area contributed by atoms with Crippen LogP contribution in [0.15, 0.2) is 78.0 Å². The van der Waals surface area contributed by atoms with E-state index in [2.05, 4.69) is 5.32 Å². The number of rotatable bonds is 5. The maximum atomic E-state index is 14.2. The molecule has 1 N–H and O–H groups in total. The van der Waals surface area contributed by atoms with Crippen LogP contribution >= 0.6 is 0 Å². The van der Waals surface area contributed by atoms with Crippen LogP contribution in [0.5, 0.6) is 17.2 Å². The highest BCUT2D eigenvalue weighted by Gasteiger charge is 2.50. The van der Waals surface area contributed by atoms with Crippen LogP contribution in [-0.4, -0.2) is 39.2 Å². The van der Waals surface area contributed by atoms with Crippen LogP contribution in [0.2, 0.25) is 0 Å². The summed E-state index contributed by atoms with van der Waals surface area (Å²) < 4.78 is 58.9. The number of ether oxygens (including phenoxy) is 3. The first-order valence-electron chi connectivity index (χ1n) is 12.6. The second kappa shape index (κ2) is 10.6. The molecule has 40 heavy (non-hydrogen) atoms. The van der Waals surface area contributed by atoms with Gasteiger partial charge in [-0.05, 0) is 47.7 Å². The van der Waals surface area contributed by atoms with E-state index >= 15 is 0 Å². The van der Waals surface area contributed by atoms with Crippen LogP contribution in [0.25, 0.3) is 0 Å². The summed E-state index contributed by atoms with van der Waals surface area (Å²) in [4.78, 5) is 27.8. The van der Waals surface area contributed by atoms with Crippen molar-refractivity contribution in [1.82, 2.24) is 0 Å². The van der Waals surface area contributed by atoms with E-state index in [9.17, 15) is 22.8 Å². The number of hydrogen-bond acceptors (Lipinski definition) is 6. The minimum atomic E-state index is -5.22. The molecule has 0 saturated carbocycles. The number of alkyl halides is 3. The van der Waals surface area contributed by atoms with Gasteiger partial charge in [0.2, 0.25) is 5.75 Å². The van der Waals surface area contributed by atoms with Crippen LogP contribution in [-0.2, 0) is 9.59 Å². The van der Waals surface area contributed by atoms with E-state index in [0.717, 1.165) is 5.56 Å². The molecule has 208 valence electrons. The van der Waals surface area contributed by atoms with Crippen LogP contribution in [0, 0.1) is 0 Å². The Kier molecular flexibility index (Phi) is 7.18. The van der Waals surface area contributed by atoms with Crippen LogP contribution in [0.1, 0.15) is 35.9 Å². The van der Waals surface area contributed by atoms with E-state index in [4.69, 9.17) is 14.2 Å². The summed E-state index contributed by atoms with van der Waals surface area (Å²) in [6, 6.07) is 17.2. The molecule has 0 aromatic heterocycles. The molecule has 0 bridgehead atoms. The zero-order valence-electron chi connectivity index (χ0n) is 22.0. The summed E-state index contributed by atoms with van der Waals surface area (Å²) in [6.07, 6.45) is -4.80. The number of para-hydroxylation sites is 2. The second-order valence-corrected chi connectivity index (χ2v) is 9.51. The van der Waals surface area contributed by atoms with Gasteiger partial charge in [0.15, 0.2) is 17.3 Å². The van der Waals surface area contributed by atoms with Gasteiger partial charge in [-0.1, -0.05) is 42.5 Å². The second-order valence-electron chi connectivity index (χ2n) is 9.51. The predicted molar refractivity (Wildman–Crippen MR) is 143 cm³/mol. The number of nitrogens with one attached hydrogen (secondary N) is 1. The highest BCUT2D eigenvalue weighted by molar-refractivity contribution is 6.07. The molecule has 1 aliphatic heterocycles. The molecule has 7 nitrogen and oxygen atoms in total. The minimum Gasteiger partial charge on any atom is -0.493 e. The van der Waals surface area contributed by atoms with Gasteiger partial charge in [0.05, 0.1) is 38.7 Å². The summed E-state index contributed by atoms with van der Waals surface area (Å²) in [7, 11) is 4.16. The van der Waals surface area contributed by atoms with Crippen molar-refractivity contribution in [1.29, 1.82) is 0 Å². The molecule has 0 radical (unpaired) electrons. The zero-order valence-corrected chi connectivity index (χ0v) is 22.0. The smallest absolute Gasteiger partial charge is 0.471 e. The van der Waals surface area contributed by atoms with Gasteiger partial charge in [-0.2, -0.15) is 13.2 Å². The third-order valence-corrected chi connectivity index (χ3v) is 7.22. The molecule has 0 unspecified atom stereocenters. The Balaban J connectivity index is 1.80. The number of anilines is 2. The number of ketones is 1. The summed E-state index contributed by atoms with van der Waals surface area (Å²) in [5.41, 5.74) is 1.94. The first kappa shape index (κ1) is 27.1. The summed E-state index contributed by atoms with van der Waals surface area (Å²) in [5, 5.41) is 3.22. The highest BCUT2D eigenvalue weighted by Crippen LogP contribution is 2.50. The van der Waals surface area contributed by atoms with Crippen molar-refractivity contribution in [2.45, 2.75) is 31.0 Å². The van der Waals surface area contributed by atoms with Gasteiger partial charge in [0.25, 0.3) is 0 Å². The number of nitrogens with zero attached hydrogens (tertiary/aromatic N) is 1. The Morgan fingerprint density at radius 1 is 0.875 bits per heavy atom. The molecule has 2 aliphatic rings. The van der Waals surface area contributed by atoms with Crippen molar-refractivity contribution in [3.8, 4) is 17.2 Å². The van der Waals surface area contributed by atoms with Gasteiger partial charge < -0.3 is 19.5 Å². The number of carbonyl (C=O) groups excluding carboxylic acids is 2. The first-order valence-corrected chi connectivity index (χ1v) is 12.6. The lowest BCUT2D eigenvalue weighted by molar-refractivity contribution is -0.170. The predicted octanol–water partition coefficient (Wildman–Crippen LogP) is 6.18. The molecule has 0 saturated heterocycles. The van der Waals surface area contributed by atoms with Gasteiger partial charge >= 0.3 is 12.1 Å². The fourth-order valence-corrected chi connectivity index (χ4v) is 5.49. The number of hydrogen-bond donors (Lipinski definition) is 1. The number of methoxy groups -OCH3 is 3. The maximum absolute atomic E-state index is 14.2. The normalized spacial score (nSPS) is 18.8. The van der Waals surface area contributed by atoms with Crippen molar-refractivity contribution in [3.63, 3.8) is 0 Å². The molecule has 1 amide bonds. The number of fused-ring (bicyclic) bond motifs is 1. The van der Waals surface area contributed by atoms with Gasteiger partial charge in [-0.25, -0.2) is 0 Å². The molecular formula is C30H27F3N2O5. The molecular weight excluding hydrogens is 525 g/mol. The standard InChI is InChI=1S/C30H27F3N2O5/c1-38-24-15-19(16-25(39-2)28(24)40-3)27-26-21(13-18(14-23(26)36)17-9-5-4-6-10-17)34-20-11-7-8-12-22(20)35(27)29(37)30(31,32)33/h4-12,15-16,18,27,34H,13-14H2,1-3H3/t18-,27-/m1/s1. The van der Waals surface area contributed by atoms with E-state index in [-0.39, 0.29) is 57.9 Å². The van der Waals surface area contributed by atoms with Gasteiger partial charge in [-0.3, -0.25) is 14.5 Å². The Morgan fingerprint density at radius 3 is 2.10 bits per heavy atom. The van der Waals surface area contributed by atoms with Crippen molar-refractivity contribution in [3.05, 3.63) is 89.1 Å². The Bertz CT molecular complexity index is 1460. The maximum Gasteiger partial charge on any atom is 0.471 e. The molecule has 3 aromatic rings.